The van der Waals surface area contributed by atoms with E-state index in [4.69, 9.17) is 29.4 Å². The van der Waals surface area contributed by atoms with E-state index in [1.165, 1.54) is 0 Å². The second-order valence-electron chi connectivity index (χ2n) is 14.1. The molecule has 2 amide bonds. The molecule has 1 saturated heterocycles. The minimum absolute atomic E-state index is 0.0430. The Kier molecular flexibility index (Phi) is 18.6. The van der Waals surface area contributed by atoms with Gasteiger partial charge >= 0.3 is 0 Å². The monoisotopic (exact) mass is 764 g/mol. The Morgan fingerprint density at radius 3 is 2.33 bits per heavy atom. The molecule has 0 unspecified atom stereocenters. The lowest BCUT2D eigenvalue weighted by Gasteiger charge is -2.39. The van der Waals surface area contributed by atoms with Crippen molar-refractivity contribution in [2.75, 3.05) is 65.9 Å². The Labute approximate surface area is 316 Å². The molecular formula is C37H60N6O11. The number of nitrogens with zero attached hydrogens (tertiary/aromatic N) is 3. The maximum absolute atomic E-state index is 12.9. The molecule has 2 aromatic rings. The predicted molar refractivity (Wildman–Crippen MR) is 196 cm³/mol. The molecule has 4 rings (SSSR count). The van der Waals surface area contributed by atoms with E-state index in [9.17, 15) is 30.0 Å². The highest BCUT2D eigenvalue weighted by Crippen LogP contribution is 2.37. The SMILES string of the molecule is CC1(C(=O)N[C@@H](CCCCN)C(=O)NCCOCCOCCOCCn2cc(-c3ccc(CCO[C@@H]4O[C@H](CO)[C@@H](O)[C@H](O)[C@H]4O)cc3)nn2)CCCC1. The molecule has 0 spiro atoms. The van der Waals surface area contributed by atoms with Crippen molar-refractivity contribution in [1.82, 2.24) is 25.6 Å². The number of carbonyl (C=O) groups is 2. The van der Waals surface area contributed by atoms with Crippen LogP contribution in [0.4, 0.5) is 0 Å². The first-order chi connectivity index (χ1) is 26.1. The summed E-state index contributed by atoms with van der Waals surface area (Å²) in [6.07, 6.45) is 1.75. The third kappa shape index (κ3) is 13.6. The molecule has 1 aliphatic heterocycles. The molecule has 8 N–H and O–H groups in total. The van der Waals surface area contributed by atoms with E-state index in [1.807, 2.05) is 37.4 Å². The van der Waals surface area contributed by atoms with Gasteiger partial charge in [0.05, 0.1) is 65.6 Å². The molecule has 17 nitrogen and oxygen atoms in total. The highest BCUT2D eigenvalue weighted by Gasteiger charge is 2.44. The first-order valence-electron chi connectivity index (χ1n) is 19.1. The Hall–Kier alpha value is -3.10. The standard InChI is InChI=1S/C37H60N6O11/c1-37(12-3-4-13-37)36(49)40-28(6-2-5-14-38)34(48)39-15-18-50-20-22-52-23-21-51-19-16-43-24-29(41-42-43)27-9-7-26(8-10-27)11-17-53-35-33(47)32(46)31(45)30(25-44)54-35/h7-10,24,28,30-33,35,44-47H,2-6,11-23,25,38H2,1H3,(H,39,48)(H,40,49)/t28-,30+,31+,32-,33+,35+/m0/s1. The van der Waals surface area contributed by atoms with E-state index in [0.717, 1.165) is 49.7 Å². The average Bonchev–Trinajstić information content (AvgIpc) is 3.85. The first-order valence-corrected chi connectivity index (χ1v) is 19.1. The maximum Gasteiger partial charge on any atom is 0.242 e. The Balaban J connectivity index is 1.01. The van der Waals surface area contributed by atoms with Crippen LogP contribution in [0.1, 0.15) is 57.4 Å². The van der Waals surface area contributed by atoms with Crippen LogP contribution < -0.4 is 16.4 Å². The fraction of sp³-hybridized carbons (Fsp3) is 0.730. The van der Waals surface area contributed by atoms with Crippen LogP contribution in [0, 0.1) is 5.41 Å². The fourth-order valence-electron chi connectivity index (χ4n) is 6.43. The Morgan fingerprint density at radius 1 is 0.963 bits per heavy atom. The van der Waals surface area contributed by atoms with Crippen LogP contribution in [0.3, 0.4) is 0 Å². The fourth-order valence-corrected chi connectivity index (χ4v) is 6.43. The van der Waals surface area contributed by atoms with Crippen molar-refractivity contribution in [3.63, 3.8) is 0 Å². The van der Waals surface area contributed by atoms with Gasteiger partial charge in [0.15, 0.2) is 6.29 Å². The van der Waals surface area contributed by atoms with Crippen molar-refractivity contribution in [3.05, 3.63) is 36.0 Å². The van der Waals surface area contributed by atoms with Gasteiger partial charge in [0.1, 0.15) is 36.2 Å². The largest absolute Gasteiger partial charge is 0.394 e. The van der Waals surface area contributed by atoms with Gasteiger partial charge in [-0.1, -0.05) is 49.2 Å². The number of carbonyl (C=O) groups excluding carboxylic acids is 2. The molecular weight excluding hydrogens is 704 g/mol. The van der Waals surface area contributed by atoms with Crippen LogP contribution in [-0.2, 0) is 46.2 Å². The minimum atomic E-state index is -1.48. The number of aliphatic hydroxyl groups excluding tert-OH is 4. The van der Waals surface area contributed by atoms with E-state index in [2.05, 4.69) is 20.9 Å². The van der Waals surface area contributed by atoms with Crippen LogP contribution in [-0.4, -0.2) is 150 Å². The molecule has 17 heteroatoms. The molecule has 2 heterocycles. The van der Waals surface area contributed by atoms with Gasteiger partial charge in [-0.05, 0) is 50.6 Å². The summed E-state index contributed by atoms with van der Waals surface area (Å²) in [7, 11) is 0. The Morgan fingerprint density at radius 2 is 1.65 bits per heavy atom. The zero-order valence-corrected chi connectivity index (χ0v) is 31.4. The quantitative estimate of drug-likeness (QED) is 0.0641. The number of nitrogens with one attached hydrogen (secondary N) is 2. The number of aromatic nitrogens is 3. The number of benzene rings is 1. The number of rotatable bonds is 25. The van der Waals surface area contributed by atoms with Gasteiger partial charge in [0.25, 0.3) is 0 Å². The zero-order valence-electron chi connectivity index (χ0n) is 31.4. The van der Waals surface area contributed by atoms with Crippen LogP contribution >= 0.6 is 0 Å². The molecule has 1 aromatic carbocycles. The minimum Gasteiger partial charge on any atom is -0.394 e. The lowest BCUT2D eigenvalue weighted by molar-refractivity contribution is -0.300. The van der Waals surface area contributed by atoms with E-state index in [1.54, 1.807) is 4.68 Å². The lowest BCUT2D eigenvalue weighted by Crippen LogP contribution is -2.59. The van der Waals surface area contributed by atoms with Crippen molar-refractivity contribution in [2.24, 2.45) is 11.1 Å². The van der Waals surface area contributed by atoms with Crippen molar-refractivity contribution in [3.8, 4) is 11.3 Å². The summed E-state index contributed by atoms with van der Waals surface area (Å²) in [5, 5.41) is 53.5. The van der Waals surface area contributed by atoms with Crippen LogP contribution in [0.2, 0.25) is 0 Å². The number of aliphatic hydroxyl groups is 4. The van der Waals surface area contributed by atoms with E-state index in [-0.39, 0.29) is 18.4 Å². The van der Waals surface area contributed by atoms with Crippen LogP contribution in [0.15, 0.2) is 30.5 Å². The molecule has 0 radical (unpaired) electrons. The third-order valence-corrected chi connectivity index (χ3v) is 9.89. The number of unbranched alkanes of at least 4 members (excludes halogenated alkanes) is 1. The molecule has 2 aliphatic rings. The molecule has 2 fully saturated rings. The highest BCUT2D eigenvalue weighted by molar-refractivity contribution is 5.90. The molecule has 54 heavy (non-hydrogen) atoms. The van der Waals surface area contributed by atoms with E-state index >= 15 is 0 Å². The molecule has 1 aliphatic carbocycles. The molecule has 1 aromatic heterocycles. The highest BCUT2D eigenvalue weighted by atomic mass is 16.7. The number of amides is 2. The van der Waals surface area contributed by atoms with Gasteiger partial charge in [-0.25, -0.2) is 4.68 Å². The van der Waals surface area contributed by atoms with Gasteiger partial charge in [0, 0.05) is 17.5 Å². The maximum atomic E-state index is 12.9. The normalized spacial score (nSPS) is 23.0. The summed E-state index contributed by atoms with van der Waals surface area (Å²) < 4.78 is 29.5. The predicted octanol–water partition coefficient (Wildman–Crippen LogP) is -0.336. The summed E-state index contributed by atoms with van der Waals surface area (Å²) in [6, 6.07) is 7.13. The third-order valence-electron chi connectivity index (χ3n) is 9.89. The summed E-state index contributed by atoms with van der Waals surface area (Å²) in [6.45, 7) is 5.43. The second kappa shape index (κ2) is 23.1. The average molecular weight is 765 g/mol. The van der Waals surface area contributed by atoms with Crippen molar-refractivity contribution in [2.45, 2.75) is 102 Å². The summed E-state index contributed by atoms with van der Waals surface area (Å²) >= 11 is 0. The van der Waals surface area contributed by atoms with E-state index in [0.29, 0.717) is 77.8 Å². The number of hydrogen-bond donors (Lipinski definition) is 7. The van der Waals surface area contributed by atoms with Crippen molar-refractivity contribution < 1.29 is 53.7 Å². The van der Waals surface area contributed by atoms with Gasteiger partial charge in [-0.2, -0.15) is 0 Å². The van der Waals surface area contributed by atoms with Crippen molar-refractivity contribution in [1.29, 1.82) is 0 Å². The molecule has 304 valence electrons. The topological polar surface area (TPSA) is 242 Å². The second-order valence-corrected chi connectivity index (χ2v) is 14.1. The summed E-state index contributed by atoms with van der Waals surface area (Å²) in [4.78, 5) is 25.7. The number of ether oxygens (including phenoxy) is 5. The molecule has 0 bridgehead atoms. The van der Waals surface area contributed by atoms with Gasteiger partial charge in [0.2, 0.25) is 11.8 Å². The molecule has 1 saturated carbocycles. The van der Waals surface area contributed by atoms with Crippen LogP contribution in [0.5, 0.6) is 0 Å². The Bertz CT molecular complexity index is 1370. The lowest BCUT2D eigenvalue weighted by atomic mass is 9.87. The smallest absolute Gasteiger partial charge is 0.242 e. The van der Waals surface area contributed by atoms with Gasteiger partial charge < -0.3 is 60.5 Å². The van der Waals surface area contributed by atoms with Crippen LogP contribution in [0.25, 0.3) is 11.3 Å². The van der Waals surface area contributed by atoms with E-state index < -0.39 is 48.8 Å². The summed E-state index contributed by atoms with van der Waals surface area (Å²) in [5.74, 6) is -0.243. The van der Waals surface area contributed by atoms with Gasteiger partial charge in [-0.3, -0.25) is 9.59 Å². The van der Waals surface area contributed by atoms with Gasteiger partial charge in [-0.15, -0.1) is 5.10 Å². The number of nitrogens with two attached hydrogens (primary N) is 1. The summed E-state index contributed by atoms with van der Waals surface area (Å²) in [5.41, 5.74) is 7.79. The molecule has 6 atom stereocenters. The first kappa shape index (κ1) is 43.6. The zero-order chi connectivity index (χ0) is 38.8. The number of hydrogen-bond acceptors (Lipinski definition) is 14. The van der Waals surface area contributed by atoms with Crippen molar-refractivity contribution >= 4 is 11.8 Å².